The summed E-state index contributed by atoms with van der Waals surface area (Å²) in [5.41, 5.74) is 10.9. The van der Waals surface area contributed by atoms with Gasteiger partial charge in [0.05, 0.1) is 11.0 Å². The smallest absolute Gasteiger partial charge is 0.158 e. The van der Waals surface area contributed by atoms with Crippen molar-refractivity contribution >= 4 is 22.5 Å². The first-order valence-electron chi connectivity index (χ1n) is 6.95. The predicted molar refractivity (Wildman–Crippen MR) is 87.3 cm³/mol. The lowest BCUT2D eigenvalue weighted by atomic mass is 10.0. The van der Waals surface area contributed by atoms with E-state index >= 15 is 0 Å². The van der Waals surface area contributed by atoms with Crippen LogP contribution >= 0.6 is 0 Å². The number of anilines is 1. The van der Waals surface area contributed by atoms with Gasteiger partial charge in [-0.1, -0.05) is 42.5 Å². The molecule has 0 unspecified atom stereocenters. The molecule has 2 aromatic carbocycles. The zero-order valence-electron chi connectivity index (χ0n) is 11.7. The first kappa shape index (κ1) is 12.4. The van der Waals surface area contributed by atoms with Gasteiger partial charge in [0, 0.05) is 5.56 Å². The van der Waals surface area contributed by atoms with Crippen LogP contribution in [0.2, 0.25) is 0 Å². The summed E-state index contributed by atoms with van der Waals surface area (Å²) in [5.74, 6) is 0.571. The van der Waals surface area contributed by atoms with E-state index in [-0.39, 0.29) is 0 Å². The van der Waals surface area contributed by atoms with Crippen LogP contribution in [0.25, 0.3) is 27.8 Å². The molecule has 0 aliphatic heterocycles. The maximum absolute atomic E-state index is 9.65. The van der Waals surface area contributed by atoms with Gasteiger partial charge < -0.3 is 5.73 Å². The summed E-state index contributed by atoms with van der Waals surface area (Å²) >= 11 is 0. The lowest BCUT2D eigenvalue weighted by Crippen LogP contribution is -2.00. The lowest BCUT2D eigenvalue weighted by Gasteiger charge is -2.09. The third kappa shape index (κ3) is 1.66. The summed E-state index contributed by atoms with van der Waals surface area (Å²) in [7, 11) is 0. The molecule has 22 heavy (non-hydrogen) atoms. The molecule has 2 aromatic heterocycles. The number of rotatable bonds is 1. The Labute approximate surface area is 127 Å². The van der Waals surface area contributed by atoms with Crippen LogP contribution in [0, 0.1) is 11.3 Å². The van der Waals surface area contributed by atoms with Crippen LogP contribution in [-0.4, -0.2) is 9.38 Å². The van der Waals surface area contributed by atoms with Gasteiger partial charge in [0.15, 0.2) is 5.65 Å². The maximum Gasteiger partial charge on any atom is 0.158 e. The van der Waals surface area contributed by atoms with Gasteiger partial charge in [0.1, 0.15) is 17.5 Å². The molecule has 0 radical (unpaired) electrons. The first-order chi connectivity index (χ1) is 10.8. The van der Waals surface area contributed by atoms with E-state index in [2.05, 4.69) is 11.1 Å². The second-order valence-corrected chi connectivity index (χ2v) is 5.10. The van der Waals surface area contributed by atoms with E-state index in [0.717, 1.165) is 22.2 Å². The van der Waals surface area contributed by atoms with Crippen molar-refractivity contribution in [2.75, 3.05) is 5.73 Å². The van der Waals surface area contributed by atoms with Crippen molar-refractivity contribution in [1.29, 1.82) is 5.26 Å². The number of imidazole rings is 1. The van der Waals surface area contributed by atoms with E-state index in [1.54, 1.807) is 0 Å². The van der Waals surface area contributed by atoms with Gasteiger partial charge in [-0.25, -0.2) is 4.98 Å². The van der Waals surface area contributed by atoms with E-state index in [1.807, 2.05) is 65.1 Å². The molecule has 2 heterocycles. The summed E-state index contributed by atoms with van der Waals surface area (Å²) < 4.78 is 1.83. The first-order valence-corrected chi connectivity index (χ1v) is 6.95. The molecule has 0 aliphatic carbocycles. The number of para-hydroxylation sites is 2. The number of nitrogens with zero attached hydrogens (tertiary/aromatic N) is 3. The number of benzene rings is 2. The van der Waals surface area contributed by atoms with Crippen LogP contribution in [0.3, 0.4) is 0 Å². The molecule has 4 aromatic rings. The molecule has 0 aliphatic rings. The highest BCUT2D eigenvalue weighted by molar-refractivity contribution is 5.89. The number of hydrogen-bond donors (Lipinski definition) is 1. The van der Waals surface area contributed by atoms with Gasteiger partial charge in [-0.2, -0.15) is 5.26 Å². The van der Waals surface area contributed by atoms with E-state index in [9.17, 15) is 5.26 Å². The van der Waals surface area contributed by atoms with Crippen molar-refractivity contribution in [3.63, 3.8) is 0 Å². The van der Waals surface area contributed by atoms with Crippen molar-refractivity contribution in [2.24, 2.45) is 0 Å². The van der Waals surface area contributed by atoms with Gasteiger partial charge in [-0.05, 0) is 23.8 Å². The van der Waals surface area contributed by atoms with Crippen molar-refractivity contribution in [3.05, 3.63) is 66.2 Å². The number of nitrogens with two attached hydrogens (primary N) is 1. The van der Waals surface area contributed by atoms with Crippen LogP contribution in [0.1, 0.15) is 5.56 Å². The molecule has 2 N–H and O–H groups in total. The average molecular weight is 284 g/mol. The Morgan fingerprint density at radius 3 is 2.50 bits per heavy atom. The Morgan fingerprint density at radius 1 is 1.00 bits per heavy atom. The van der Waals surface area contributed by atoms with Crippen LogP contribution in [0.4, 0.5) is 5.82 Å². The zero-order chi connectivity index (χ0) is 15.1. The van der Waals surface area contributed by atoms with Crippen LogP contribution in [0.15, 0.2) is 60.7 Å². The van der Waals surface area contributed by atoms with E-state index in [0.29, 0.717) is 17.0 Å². The SMILES string of the molecule is N#Cc1c(-c2ccccc2)cc(N)n2c1nc1ccccc12. The highest BCUT2D eigenvalue weighted by Crippen LogP contribution is 2.31. The molecule has 4 nitrogen and oxygen atoms in total. The molecule has 4 heteroatoms. The Hall–Kier alpha value is -3.32. The molecule has 0 atom stereocenters. The van der Waals surface area contributed by atoms with Crippen molar-refractivity contribution in [1.82, 2.24) is 9.38 Å². The fourth-order valence-electron chi connectivity index (χ4n) is 2.82. The minimum absolute atomic E-state index is 0.539. The largest absolute Gasteiger partial charge is 0.385 e. The van der Waals surface area contributed by atoms with Crippen molar-refractivity contribution in [3.8, 4) is 17.2 Å². The fourth-order valence-corrected chi connectivity index (χ4v) is 2.82. The zero-order valence-corrected chi connectivity index (χ0v) is 11.7. The molecule has 104 valence electrons. The van der Waals surface area contributed by atoms with E-state index in [4.69, 9.17) is 5.73 Å². The summed E-state index contributed by atoms with van der Waals surface area (Å²) in [6.07, 6.45) is 0. The Balaban J connectivity index is 2.18. The minimum atomic E-state index is 0.539. The van der Waals surface area contributed by atoms with Crippen LogP contribution < -0.4 is 5.73 Å². The highest BCUT2D eigenvalue weighted by atomic mass is 15.1. The van der Waals surface area contributed by atoms with Gasteiger partial charge in [0.2, 0.25) is 0 Å². The molecule has 4 rings (SSSR count). The number of nitriles is 1. The van der Waals surface area contributed by atoms with Crippen molar-refractivity contribution in [2.45, 2.75) is 0 Å². The second kappa shape index (κ2) is 4.61. The molecule has 0 fully saturated rings. The number of fused-ring (bicyclic) bond motifs is 3. The standard InChI is InChI=1S/C18H12N4/c19-11-14-13(12-6-2-1-3-7-12)10-17(20)22-16-9-5-4-8-15(16)21-18(14)22/h1-10H,20H2. The molecule has 0 saturated carbocycles. The van der Waals surface area contributed by atoms with Gasteiger partial charge in [-0.3, -0.25) is 4.40 Å². The average Bonchev–Trinajstić information content (AvgIpc) is 2.95. The van der Waals surface area contributed by atoms with Gasteiger partial charge >= 0.3 is 0 Å². The Kier molecular flexibility index (Phi) is 2.60. The topological polar surface area (TPSA) is 67.1 Å². The lowest BCUT2D eigenvalue weighted by molar-refractivity contribution is 1.23. The number of aromatic nitrogens is 2. The monoisotopic (exact) mass is 284 g/mol. The Bertz CT molecular complexity index is 1040. The van der Waals surface area contributed by atoms with Gasteiger partial charge in [-0.15, -0.1) is 0 Å². The predicted octanol–water partition coefficient (Wildman–Crippen LogP) is 3.61. The number of pyridine rings is 1. The maximum atomic E-state index is 9.65. The third-order valence-corrected chi connectivity index (χ3v) is 3.80. The molecule has 0 amide bonds. The highest BCUT2D eigenvalue weighted by Gasteiger charge is 2.16. The summed E-state index contributed by atoms with van der Waals surface area (Å²) in [5, 5.41) is 9.65. The number of nitrogen functional groups attached to an aromatic ring is 1. The minimum Gasteiger partial charge on any atom is -0.385 e. The van der Waals surface area contributed by atoms with E-state index < -0.39 is 0 Å². The normalized spacial score (nSPS) is 10.9. The van der Waals surface area contributed by atoms with Crippen molar-refractivity contribution < 1.29 is 0 Å². The van der Waals surface area contributed by atoms with E-state index in [1.165, 1.54) is 0 Å². The third-order valence-electron chi connectivity index (χ3n) is 3.80. The Morgan fingerprint density at radius 2 is 1.73 bits per heavy atom. The summed E-state index contributed by atoms with van der Waals surface area (Å²) in [6, 6.07) is 21.6. The molecular formula is C18H12N4. The molecule has 0 spiro atoms. The molecule has 0 saturated heterocycles. The van der Waals surface area contributed by atoms with Gasteiger partial charge in [0.25, 0.3) is 0 Å². The quantitative estimate of drug-likeness (QED) is 0.580. The summed E-state index contributed by atoms with van der Waals surface area (Å²) in [4.78, 5) is 4.59. The number of hydrogen-bond acceptors (Lipinski definition) is 3. The fraction of sp³-hybridized carbons (Fsp3) is 0. The second-order valence-electron chi connectivity index (χ2n) is 5.10. The summed E-state index contributed by atoms with van der Waals surface area (Å²) in [6.45, 7) is 0. The van der Waals surface area contributed by atoms with Crippen LogP contribution in [-0.2, 0) is 0 Å². The molecule has 0 bridgehead atoms. The van der Waals surface area contributed by atoms with Crippen LogP contribution in [0.5, 0.6) is 0 Å². The molecular weight excluding hydrogens is 272 g/mol.